The van der Waals surface area contributed by atoms with Crippen molar-refractivity contribution < 1.29 is 9.18 Å². The first-order valence-electron chi connectivity index (χ1n) is 8.03. The smallest absolute Gasteiger partial charge is 0.149 e. The number of benzene rings is 1. The molecule has 120 valence electrons. The average Bonchev–Trinajstić information content (AvgIpc) is 2.49. The Labute approximate surface area is 129 Å². The highest BCUT2D eigenvalue weighted by Crippen LogP contribution is 2.14. The van der Waals surface area contributed by atoms with Crippen LogP contribution in [0.2, 0.25) is 0 Å². The molecule has 2 nitrogen and oxygen atoms in total. The average molecular weight is 295 g/mol. The maximum Gasteiger partial charge on any atom is 0.149 e. The number of hydrogen-bond donors (Lipinski definition) is 1. The van der Waals surface area contributed by atoms with Crippen LogP contribution in [0.1, 0.15) is 59.1 Å². The van der Waals surface area contributed by atoms with Gasteiger partial charge in [0.05, 0.1) is 6.04 Å². The van der Waals surface area contributed by atoms with Crippen molar-refractivity contribution in [2.45, 2.75) is 72.9 Å². The third-order valence-electron chi connectivity index (χ3n) is 3.20. The lowest BCUT2D eigenvalue weighted by atomic mass is 9.98. The number of nitrogens with one attached hydrogen (secondary N) is 1. The lowest BCUT2D eigenvalue weighted by Gasteiger charge is -2.20. The predicted octanol–water partition coefficient (Wildman–Crippen LogP) is 4.30. The lowest BCUT2D eigenvalue weighted by molar-refractivity contribution is -0.120. The molecular weight excluding hydrogens is 265 g/mol. The minimum atomic E-state index is -0.180. The van der Waals surface area contributed by atoms with Gasteiger partial charge in [-0.15, -0.1) is 0 Å². The van der Waals surface area contributed by atoms with Crippen molar-refractivity contribution in [1.82, 2.24) is 5.32 Å². The van der Waals surface area contributed by atoms with Gasteiger partial charge in [0.15, 0.2) is 0 Å². The molecule has 1 aromatic carbocycles. The summed E-state index contributed by atoms with van der Waals surface area (Å²) in [6.07, 6.45) is 1.81. The zero-order valence-electron chi connectivity index (χ0n) is 14.3. The van der Waals surface area contributed by atoms with Crippen LogP contribution in [0.25, 0.3) is 0 Å². The molecule has 21 heavy (non-hydrogen) atoms. The summed E-state index contributed by atoms with van der Waals surface area (Å²) < 4.78 is 13.5. The van der Waals surface area contributed by atoms with Crippen LogP contribution in [-0.4, -0.2) is 17.9 Å². The van der Waals surface area contributed by atoms with Crippen molar-refractivity contribution in [1.29, 1.82) is 0 Å². The molecule has 1 rings (SSSR count). The Balaban J connectivity index is 0.00000191. The van der Waals surface area contributed by atoms with Gasteiger partial charge in [-0.1, -0.05) is 53.7 Å². The third-order valence-corrected chi connectivity index (χ3v) is 3.20. The first-order valence-corrected chi connectivity index (χ1v) is 8.03. The van der Waals surface area contributed by atoms with Crippen molar-refractivity contribution in [3.05, 3.63) is 35.1 Å². The Morgan fingerprint density at radius 1 is 1.24 bits per heavy atom. The standard InChI is InChI=1S/C16H24FNO.C2H6/c1-5-13-9-12(7-8-14(13)17)10-15(16(19)6-2)18-11(3)4;1-2/h7-9,11,15,18H,5-6,10H2,1-4H3;1-2H3. The van der Waals surface area contributed by atoms with Gasteiger partial charge < -0.3 is 5.32 Å². The molecule has 0 saturated carbocycles. The van der Waals surface area contributed by atoms with Gasteiger partial charge in [0.2, 0.25) is 0 Å². The maximum absolute atomic E-state index is 13.5. The molecule has 1 unspecified atom stereocenters. The van der Waals surface area contributed by atoms with E-state index in [1.165, 1.54) is 6.07 Å². The SMILES string of the molecule is CC.CCC(=O)C(Cc1ccc(F)c(CC)c1)NC(C)C. The van der Waals surface area contributed by atoms with Crippen LogP contribution in [0.15, 0.2) is 18.2 Å². The minimum absolute atomic E-state index is 0.165. The van der Waals surface area contributed by atoms with Crippen LogP contribution in [0, 0.1) is 5.82 Å². The summed E-state index contributed by atoms with van der Waals surface area (Å²) in [5.74, 6) is 0.0394. The van der Waals surface area contributed by atoms with Crippen LogP contribution in [-0.2, 0) is 17.6 Å². The Bertz CT molecular complexity index is 429. The van der Waals surface area contributed by atoms with E-state index in [1.54, 1.807) is 6.07 Å². The molecule has 1 atom stereocenters. The van der Waals surface area contributed by atoms with Gasteiger partial charge in [-0.2, -0.15) is 0 Å². The summed E-state index contributed by atoms with van der Waals surface area (Å²) in [7, 11) is 0. The van der Waals surface area contributed by atoms with Crippen LogP contribution < -0.4 is 5.32 Å². The number of carbonyl (C=O) groups excluding carboxylic acids is 1. The minimum Gasteiger partial charge on any atom is -0.305 e. The Morgan fingerprint density at radius 3 is 2.33 bits per heavy atom. The van der Waals surface area contributed by atoms with Crippen LogP contribution in [0.4, 0.5) is 4.39 Å². The third kappa shape index (κ3) is 6.85. The summed E-state index contributed by atoms with van der Waals surface area (Å²) in [6.45, 7) is 11.9. The van der Waals surface area contributed by atoms with Crippen LogP contribution in [0.5, 0.6) is 0 Å². The first kappa shape index (κ1) is 19.8. The number of Topliss-reactive ketones (excluding diaryl/α,β-unsaturated/α-hetero) is 1. The second-order valence-electron chi connectivity index (χ2n) is 5.18. The van der Waals surface area contributed by atoms with E-state index in [0.717, 1.165) is 5.56 Å². The lowest BCUT2D eigenvalue weighted by Crippen LogP contribution is -2.42. The van der Waals surface area contributed by atoms with E-state index < -0.39 is 0 Å². The number of rotatable bonds is 7. The second kappa shape index (κ2) is 10.5. The van der Waals surface area contributed by atoms with E-state index in [-0.39, 0.29) is 23.7 Å². The predicted molar refractivity (Wildman–Crippen MR) is 88.2 cm³/mol. The molecule has 0 aromatic heterocycles. The van der Waals surface area contributed by atoms with Gasteiger partial charge in [0.25, 0.3) is 0 Å². The number of aryl methyl sites for hydroxylation is 1. The van der Waals surface area contributed by atoms with E-state index in [2.05, 4.69) is 5.32 Å². The number of hydrogen-bond acceptors (Lipinski definition) is 2. The molecule has 0 radical (unpaired) electrons. The fourth-order valence-corrected chi connectivity index (χ4v) is 2.18. The van der Waals surface area contributed by atoms with Crippen LogP contribution in [0.3, 0.4) is 0 Å². The van der Waals surface area contributed by atoms with E-state index in [9.17, 15) is 9.18 Å². The molecule has 0 amide bonds. The van der Waals surface area contributed by atoms with E-state index in [0.29, 0.717) is 24.8 Å². The summed E-state index contributed by atoms with van der Waals surface area (Å²) in [4.78, 5) is 11.9. The van der Waals surface area contributed by atoms with Crippen molar-refractivity contribution in [3.63, 3.8) is 0 Å². The Kier molecular flexibility index (Phi) is 9.89. The zero-order valence-corrected chi connectivity index (χ0v) is 14.3. The van der Waals surface area contributed by atoms with Crippen LogP contribution >= 0.6 is 0 Å². The molecule has 0 aliphatic rings. The fourth-order valence-electron chi connectivity index (χ4n) is 2.18. The van der Waals surface area contributed by atoms with Crippen molar-refractivity contribution in [2.75, 3.05) is 0 Å². The molecule has 1 N–H and O–H groups in total. The highest BCUT2D eigenvalue weighted by molar-refractivity contribution is 5.84. The monoisotopic (exact) mass is 295 g/mol. The molecule has 0 spiro atoms. The van der Waals surface area contributed by atoms with Crippen molar-refractivity contribution in [3.8, 4) is 0 Å². The largest absolute Gasteiger partial charge is 0.305 e. The summed E-state index contributed by atoms with van der Waals surface area (Å²) in [6, 6.07) is 5.21. The Hall–Kier alpha value is -1.22. The summed E-state index contributed by atoms with van der Waals surface area (Å²) >= 11 is 0. The van der Waals surface area contributed by atoms with Crippen molar-refractivity contribution >= 4 is 5.78 Å². The molecule has 0 aliphatic heterocycles. The molecule has 0 fully saturated rings. The van der Waals surface area contributed by atoms with Gasteiger partial charge in [-0.25, -0.2) is 4.39 Å². The second-order valence-corrected chi connectivity index (χ2v) is 5.18. The van der Waals surface area contributed by atoms with Gasteiger partial charge in [-0.05, 0) is 30.0 Å². The van der Waals surface area contributed by atoms with E-state index in [4.69, 9.17) is 0 Å². The van der Waals surface area contributed by atoms with Gasteiger partial charge in [0.1, 0.15) is 11.6 Å². The van der Waals surface area contributed by atoms with Gasteiger partial charge in [0, 0.05) is 12.5 Å². The number of carbonyl (C=O) groups is 1. The molecule has 1 aromatic rings. The quantitative estimate of drug-likeness (QED) is 0.812. The fraction of sp³-hybridized carbons (Fsp3) is 0.611. The van der Waals surface area contributed by atoms with Gasteiger partial charge >= 0.3 is 0 Å². The van der Waals surface area contributed by atoms with E-state index in [1.807, 2.05) is 47.6 Å². The number of halogens is 1. The first-order chi connectivity index (χ1) is 9.97. The van der Waals surface area contributed by atoms with Crippen molar-refractivity contribution in [2.24, 2.45) is 0 Å². The normalized spacial score (nSPS) is 11.8. The number of ketones is 1. The molecule has 3 heteroatoms. The maximum atomic E-state index is 13.5. The topological polar surface area (TPSA) is 29.1 Å². The summed E-state index contributed by atoms with van der Waals surface area (Å²) in [5, 5.41) is 3.29. The highest BCUT2D eigenvalue weighted by Gasteiger charge is 2.18. The molecule has 0 aliphatic carbocycles. The highest BCUT2D eigenvalue weighted by atomic mass is 19.1. The molecule has 0 heterocycles. The molecule has 0 bridgehead atoms. The summed E-state index contributed by atoms with van der Waals surface area (Å²) in [5.41, 5.74) is 1.72. The molecule has 0 saturated heterocycles. The Morgan fingerprint density at radius 2 is 1.86 bits per heavy atom. The molecular formula is C18H30FNO. The van der Waals surface area contributed by atoms with Gasteiger partial charge in [-0.3, -0.25) is 4.79 Å². The van der Waals surface area contributed by atoms with E-state index >= 15 is 0 Å². The zero-order chi connectivity index (χ0) is 16.4.